The van der Waals surface area contributed by atoms with Crippen LogP contribution in [0.2, 0.25) is 0 Å². The van der Waals surface area contributed by atoms with Gasteiger partial charge >= 0.3 is 0 Å². The zero-order chi connectivity index (χ0) is 16.4. The van der Waals surface area contributed by atoms with Gasteiger partial charge < -0.3 is 4.98 Å². The highest BCUT2D eigenvalue weighted by molar-refractivity contribution is 7.99. The predicted octanol–water partition coefficient (Wildman–Crippen LogP) is 3.95. The van der Waals surface area contributed by atoms with Crippen LogP contribution in [0, 0.1) is 0 Å². The number of hydrogen-bond acceptors (Lipinski definition) is 4. The van der Waals surface area contributed by atoms with Gasteiger partial charge in [-0.3, -0.25) is 4.90 Å². The van der Waals surface area contributed by atoms with Crippen LogP contribution in [0.4, 0.5) is 0 Å². The smallest absolute Gasteiger partial charge is 0.156 e. The molecule has 1 saturated heterocycles. The van der Waals surface area contributed by atoms with Gasteiger partial charge in [-0.1, -0.05) is 18.2 Å². The van der Waals surface area contributed by atoms with Gasteiger partial charge in [0.15, 0.2) is 5.65 Å². The van der Waals surface area contributed by atoms with E-state index in [-0.39, 0.29) is 0 Å². The van der Waals surface area contributed by atoms with Crippen LogP contribution in [-0.4, -0.2) is 44.4 Å². The quantitative estimate of drug-likeness (QED) is 0.782. The standard InChI is InChI=1S/C19H22N4S/c1-24-16-6-9-23(10-7-16)13-14-3-2-4-15(11-14)18-12-21-19-17(22-18)5-8-20-19/h2-5,8,11-12,16H,6-7,9-10,13H2,1H3,(H,20,21). The zero-order valence-corrected chi connectivity index (χ0v) is 14.7. The van der Waals surface area contributed by atoms with Gasteiger partial charge in [-0.25, -0.2) is 9.97 Å². The van der Waals surface area contributed by atoms with E-state index in [0.717, 1.165) is 34.2 Å². The van der Waals surface area contributed by atoms with E-state index < -0.39 is 0 Å². The van der Waals surface area contributed by atoms with E-state index in [1.807, 2.05) is 30.2 Å². The van der Waals surface area contributed by atoms with Crippen LogP contribution in [0.5, 0.6) is 0 Å². The Balaban J connectivity index is 1.51. The third-order valence-corrected chi connectivity index (χ3v) is 5.90. The SMILES string of the molecule is CSC1CCN(Cc2cccc(-c3cnc4[nH]ccc4n3)c2)CC1. The van der Waals surface area contributed by atoms with Crippen LogP contribution in [0.3, 0.4) is 0 Å². The van der Waals surface area contributed by atoms with Crippen molar-refractivity contribution in [2.24, 2.45) is 0 Å². The molecule has 1 aromatic carbocycles. The molecule has 0 amide bonds. The summed E-state index contributed by atoms with van der Waals surface area (Å²) < 4.78 is 0. The lowest BCUT2D eigenvalue weighted by Crippen LogP contribution is -2.34. The summed E-state index contributed by atoms with van der Waals surface area (Å²) in [5.41, 5.74) is 5.18. The number of fused-ring (bicyclic) bond motifs is 1. The van der Waals surface area contributed by atoms with Gasteiger partial charge in [0, 0.05) is 23.6 Å². The van der Waals surface area contributed by atoms with E-state index in [2.05, 4.69) is 45.4 Å². The number of rotatable bonds is 4. The summed E-state index contributed by atoms with van der Waals surface area (Å²) in [7, 11) is 0. The maximum absolute atomic E-state index is 4.70. The van der Waals surface area contributed by atoms with Gasteiger partial charge in [-0.2, -0.15) is 11.8 Å². The van der Waals surface area contributed by atoms with Crippen LogP contribution >= 0.6 is 11.8 Å². The number of piperidine rings is 1. The molecule has 0 spiro atoms. The molecule has 0 bridgehead atoms. The molecule has 1 aliphatic heterocycles. The van der Waals surface area contributed by atoms with Crippen LogP contribution in [-0.2, 0) is 6.54 Å². The Kier molecular flexibility index (Phi) is 4.54. The second-order valence-electron chi connectivity index (χ2n) is 6.38. The average molecular weight is 338 g/mol. The molecule has 0 atom stereocenters. The molecule has 5 heteroatoms. The van der Waals surface area contributed by atoms with Crippen LogP contribution in [0.1, 0.15) is 18.4 Å². The Hall–Kier alpha value is -1.85. The molecule has 1 N–H and O–H groups in total. The molecule has 1 aliphatic rings. The summed E-state index contributed by atoms with van der Waals surface area (Å²) in [5, 5.41) is 0.843. The number of thioether (sulfide) groups is 1. The van der Waals surface area contributed by atoms with Crippen molar-refractivity contribution in [3.8, 4) is 11.3 Å². The molecule has 3 aromatic rings. The van der Waals surface area contributed by atoms with Crippen molar-refractivity contribution >= 4 is 22.9 Å². The second kappa shape index (κ2) is 6.95. The highest BCUT2D eigenvalue weighted by atomic mass is 32.2. The van der Waals surface area contributed by atoms with E-state index in [1.54, 1.807) is 0 Å². The largest absolute Gasteiger partial charge is 0.345 e. The summed E-state index contributed by atoms with van der Waals surface area (Å²) in [5.74, 6) is 0. The van der Waals surface area contributed by atoms with E-state index >= 15 is 0 Å². The van der Waals surface area contributed by atoms with Crippen molar-refractivity contribution in [1.82, 2.24) is 19.9 Å². The third kappa shape index (κ3) is 3.32. The van der Waals surface area contributed by atoms with Crippen molar-refractivity contribution in [3.63, 3.8) is 0 Å². The molecular formula is C19H22N4S. The molecule has 0 saturated carbocycles. The normalized spacial score (nSPS) is 16.7. The molecule has 0 aliphatic carbocycles. The topological polar surface area (TPSA) is 44.8 Å². The second-order valence-corrected chi connectivity index (χ2v) is 7.52. The summed E-state index contributed by atoms with van der Waals surface area (Å²) in [6.45, 7) is 3.42. The Morgan fingerprint density at radius 1 is 1.25 bits per heavy atom. The number of nitrogens with zero attached hydrogens (tertiary/aromatic N) is 3. The highest BCUT2D eigenvalue weighted by Crippen LogP contribution is 2.24. The first-order chi connectivity index (χ1) is 11.8. The van der Waals surface area contributed by atoms with Gasteiger partial charge in [0.05, 0.1) is 11.9 Å². The van der Waals surface area contributed by atoms with Crippen molar-refractivity contribution in [2.75, 3.05) is 19.3 Å². The average Bonchev–Trinajstić information content (AvgIpc) is 3.10. The van der Waals surface area contributed by atoms with Gasteiger partial charge in [0.25, 0.3) is 0 Å². The Labute approximate surface area is 146 Å². The van der Waals surface area contributed by atoms with Crippen LogP contribution in [0.15, 0.2) is 42.7 Å². The Bertz CT molecular complexity index is 821. The lowest BCUT2D eigenvalue weighted by molar-refractivity contribution is 0.225. The van der Waals surface area contributed by atoms with Crippen LogP contribution < -0.4 is 0 Å². The number of nitrogens with one attached hydrogen (secondary N) is 1. The minimum Gasteiger partial charge on any atom is -0.345 e. The maximum Gasteiger partial charge on any atom is 0.156 e. The molecular weight excluding hydrogens is 316 g/mol. The zero-order valence-electron chi connectivity index (χ0n) is 13.9. The number of likely N-dealkylation sites (tertiary alicyclic amines) is 1. The van der Waals surface area contributed by atoms with Crippen molar-refractivity contribution in [3.05, 3.63) is 48.3 Å². The summed E-state index contributed by atoms with van der Waals surface area (Å²) in [6.07, 6.45) is 8.56. The minimum absolute atomic E-state index is 0.839. The number of hydrogen-bond donors (Lipinski definition) is 1. The minimum atomic E-state index is 0.839. The molecule has 3 heterocycles. The van der Waals surface area contributed by atoms with E-state index in [1.165, 1.54) is 31.5 Å². The van der Waals surface area contributed by atoms with E-state index in [9.17, 15) is 0 Å². The van der Waals surface area contributed by atoms with Gasteiger partial charge in [0.2, 0.25) is 0 Å². The van der Waals surface area contributed by atoms with Gasteiger partial charge in [-0.05, 0) is 49.9 Å². The number of benzene rings is 1. The van der Waals surface area contributed by atoms with E-state index in [0.29, 0.717) is 0 Å². The first kappa shape index (κ1) is 15.7. The van der Waals surface area contributed by atoms with Gasteiger partial charge in [-0.15, -0.1) is 0 Å². The van der Waals surface area contributed by atoms with Gasteiger partial charge in [0.1, 0.15) is 5.52 Å². The molecule has 2 aromatic heterocycles. The highest BCUT2D eigenvalue weighted by Gasteiger charge is 2.18. The third-order valence-electron chi connectivity index (χ3n) is 4.76. The van der Waals surface area contributed by atoms with E-state index in [4.69, 9.17) is 4.98 Å². The fraction of sp³-hybridized carbons (Fsp3) is 0.368. The van der Waals surface area contributed by atoms with Crippen molar-refractivity contribution < 1.29 is 0 Å². The number of aromatic nitrogens is 3. The number of aromatic amines is 1. The van der Waals surface area contributed by atoms with Crippen molar-refractivity contribution in [2.45, 2.75) is 24.6 Å². The van der Waals surface area contributed by atoms with Crippen molar-refractivity contribution in [1.29, 1.82) is 0 Å². The lowest BCUT2D eigenvalue weighted by Gasteiger charge is -2.31. The molecule has 1 fully saturated rings. The molecule has 0 unspecified atom stereocenters. The fourth-order valence-electron chi connectivity index (χ4n) is 3.36. The lowest BCUT2D eigenvalue weighted by atomic mass is 10.1. The molecule has 0 radical (unpaired) electrons. The summed E-state index contributed by atoms with van der Waals surface area (Å²) in [6, 6.07) is 10.7. The first-order valence-corrected chi connectivity index (χ1v) is 9.75. The first-order valence-electron chi connectivity index (χ1n) is 8.46. The Morgan fingerprint density at radius 3 is 2.96 bits per heavy atom. The molecule has 24 heavy (non-hydrogen) atoms. The Morgan fingerprint density at radius 2 is 2.12 bits per heavy atom. The fourth-order valence-corrected chi connectivity index (χ4v) is 4.04. The summed E-state index contributed by atoms with van der Waals surface area (Å²) >= 11 is 2.01. The monoisotopic (exact) mass is 338 g/mol. The predicted molar refractivity (Wildman–Crippen MR) is 101 cm³/mol. The number of H-pyrrole nitrogens is 1. The molecule has 124 valence electrons. The molecule has 4 nitrogen and oxygen atoms in total. The summed E-state index contributed by atoms with van der Waals surface area (Å²) in [4.78, 5) is 14.8. The molecule has 4 rings (SSSR count). The maximum atomic E-state index is 4.70. The van der Waals surface area contributed by atoms with Crippen LogP contribution in [0.25, 0.3) is 22.4 Å².